The lowest BCUT2D eigenvalue weighted by molar-refractivity contribution is -0.137. The van der Waals surface area contributed by atoms with Gasteiger partial charge in [0.1, 0.15) is 27.7 Å². The van der Waals surface area contributed by atoms with Crippen LogP contribution in [-0.2, 0) is 12.7 Å². The van der Waals surface area contributed by atoms with E-state index < -0.39 is 34.6 Å². The van der Waals surface area contributed by atoms with Gasteiger partial charge in [-0.05, 0) is 32.2 Å². The van der Waals surface area contributed by atoms with Crippen LogP contribution in [0, 0.1) is 0 Å². The average Bonchev–Trinajstić information content (AvgIpc) is 3.26. The number of alkyl halides is 3. The molecule has 2 heterocycles. The second kappa shape index (κ2) is 10.3. The van der Waals surface area contributed by atoms with Crippen LogP contribution in [-0.4, -0.2) is 33.8 Å². The first-order valence-electron chi connectivity index (χ1n) is 9.70. The summed E-state index contributed by atoms with van der Waals surface area (Å²) < 4.78 is 39.1. The highest BCUT2D eigenvalue weighted by Crippen LogP contribution is 2.36. The molecule has 0 spiro atoms. The molecule has 0 bridgehead atoms. The van der Waals surface area contributed by atoms with Crippen LogP contribution in [0.25, 0.3) is 0 Å². The Labute approximate surface area is 201 Å². The summed E-state index contributed by atoms with van der Waals surface area (Å²) in [6.45, 7) is 1.95. The Kier molecular flexibility index (Phi) is 7.69. The van der Waals surface area contributed by atoms with Crippen molar-refractivity contribution >= 4 is 46.3 Å². The van der Waals surface area contributed by atoms with E-state index in [0.29, 0.717) is 10.6 Å². The number of nitrogens with two attached hydrogens (primary N) is 1. The minimum atomic E-state index is -4.66. The van der Waals surface area contributed by atoms with Crippen molar-refractivity contribution in [3.8, 4) is 0 Å². The molecule has 5 N–H and O–H groups in total. The summed E-state index contributed by atoms with van der Waals surface area (Å²) in [7, 11) is 1.69. The predicted molar refractivity (Wildman–Crippen MR) is 122 cm³/mol. The van der Waals surface area contributed by atoms with Crippen molar-refractivity contribution in [1.29, 1.82) is 0 Å². The molecule has 0 aliphatic rings. The number of rotatable bonds is 7. The number of benzene rings is 1. The first-order valence-corrected chi connectivity index (χ1v) is 10.9. The molecule has 2 amide bonds. The van der Waals surface area contributed by atoms with Crippen LogP contribution in [0.4, 0.5) is 24.7 Å². The van der Waals surface area contributed by atoms with Crippen molar-refractivity contribution in [3.05, 3.63) is 62.5 Å². The molecular formula is C20H19ClF3N7O2S. The van der Waals surface area contributed by atoms with Crippen molar-refractivity contribution in [3.63, 3.8) is 0 Å². The molecule has 14 heteroatoms. The van der Waals surface area contributed by atoms with E-state index in [1.54, 1.807) is 14.0 Å². The minimum Gasteiger partial charge on any atom is -0.383 e. The maximum atomic E-state index is 13.0. The number of amides is 2. The van der Waals surface area contributed by atoms with Crippen LogP contribution in [0.5, 0.6) is 0 Å². The van der Waals surface area contributed by atoms with Gasteiger partial charge >= 0.3 is 6.18 Å². The zero-order valence-electron chi connectivity index (χ0n) is 17.8. The minimum absolute atomic E-state index is 0.0727. The first kappa shape index (κ1) is 25.3. The van der Waals surface area contributed by atoms with E-state index in [-0.39, 0.29) is 28.6 Å². The summed E-state index contributed by atoms with van der Waals surface area (Å²) in [5.41, 5.74) is 5.24. The van der Waals surface area contributed by atoms with E-state index in [1.165, 1.54) is 18.6 Å². The Morgan fingerprint density at radius 1 is 1.21 bits per heavy atom. The lowest BCUT2D eigenvalue weighted by Crippen LogP contribution is -2.29. The number of hydrogen-bond acceptors (Lipinski definition) is 8. The molecular weight excluding hydrogens is 495 g/mol. The fourth-order valence-electron chi connectivity index (χ4n) is 2.91. The molecule has 0 saturated carbocycles. The average molecular weight is 514 g/mol. The van der Waals surface area contributed by atoms with E-state index >= 15 is 0 Å². The van der Waals surface area contributed by atoms with Crippen LogP contribution >= 0.6 is 22.9 Å². The monoisotopic (exact) mass is 513 g/mol. The Hall–Kier alpha value is -3.29. The molecule has 0 aliphatic heterocycles. The van der Waals surface area contributed by atoms with Gasteiger partial charge in [-0.3, -0.25) is 9.59 Å². The summed E-state index contributed by atoms with van der Waals surface area (Å²) in [6, 6.07) is 2.47. The maximum Gasteiger partial charge on any atom is 0.417 e. The normalized spacial score (nSPS) is 12.3. The van der Waals surface area contributed by atoms with E-state index in [1.807, 2.05) is 0 Å². The van der Waals surface area contributed by atoms with Gasteiger partial charge in [0.2, 0.25) is 0 Å². The van der Waals surface area contributed by atoms with Gasteiger partial charge in [0.05, 0.1) is 22.8 Å². The number of carbonyl (C=O) groups excluding carboxylic acids is 2. The van der Waals surface area contributed by atoms with Gasteiger partial charge in [0, 0.05) is 17.8 Å². The fourth-order valence-corrected chi connectivity index (χ4v) is 3.95. The molecule has 0 unspecified atom stereocenters. The molecule has 1 atom stereocenters. The van der Waals surface area contributed by atoms with Gasteiger partial charge in [-0.2, -0.15) is 13.2 Å². The maximum absolute atomic E-state index is 13.0. The van der Waals surface area contributed by atoms with Gasteiger partial charge in [-0.15, -0.1) is 11.3 Å². The van der Waals surface area contributed by atoms with E-state index in [4.69, 9.17) is 17.3 Å². The smallest absolute Gasteiger partial charge is 0.383 e. The van der Waals surface area contributed by atoms with Gasteiger partial charge in [0.15, 0.2) is 0 Å². The zero-order chi connectivity index (χ0) is 25.0. The van der Waals surface area contributed by atoms with Crippen LogP contribution in [0.3, 0.4) is 0 Å². The van der Waals surface area contributed by atoms with Gasteiger partial charge in [-0.1, -0.05) is 11.6 Å². The van der Waals surface area contributed by atoms with Crippen LogP contribution in [0.1, 0.15) is 49.3 Å². The van der Waals surface area contributed by atoms with Crippen LogP contribution in [0.15, 0.2) is 30.7 Å². The number of nitrogens with one attached hydrogen (secondary N) is 3. The third-order valence-electron chi connectivity index (χ3n) is 4.54. The molecule has 0 radical (unpaired) electrons. The standard InChI is InChI=1S/C20H19ClF3N7O2S/c1-9(30-18(33)15-11(6-26-2)16(25)29-8-28-15)19-27-7-14(34-19)17(32)31-10-3-4-13(21)12(5-10)20(22,23)24/h3-5,7-9,26H,6H2,1-2H3,(H,30,33)(H,31,32)(H2,25,28,29)/t9-/m1/s1. The molecule has 0 saturated heterocycles. The van der Waals surface area contributed by atoms with Crippen molar-refractivity contribution in [2.75, 3.05) is 18.1 Å². The quantitative estimate of drug-likeness (QED) is 0.378. The first-order chi connectivity index (χ1) is 16.0. The summed E-state index contributed by atoms with van der Waals surface area (Å²) in [5.74, 6) is -0.988. The fraction of sp³-hybridized carbons (Fsp3) is 0.250. The lowest BCUT2D eigenvalue weighted by Gasteiger charge is -2.14. The van der Waals surface area contributed by atoms with Crippen molar-refractivity contribution in [2.45, 2.75) is 25.7 Å². The van der Waals surface area contributed by atoms with E-state index in [2.05, 4.69) is 30.9 Å². The largest absolute Gasteiger partial charge is 0.417 e. The molecule has 3 aromatic rings. The predicted octanol–water partition coefficient (Wildman–Crippen LogP) is 3.65. The Balaban J connectivity index is 1.71. The molecule has 180 valence electrons. The number of anilines is 2. The number of carbonyl (C=O) groups is 2. The van der Waals surface area contributed by atoms with E-state index in [0.717, 1.165) is 23.5 Å². The molecule has 1 aromatic carbocycles. The Morgan fingerprint density at radius 3 is 2.62 bits per heavy atom. The van der Waals surface area contributed by atoms with Crippen molar-refractivity contribution < 1.29 is 22.8 Å². The zero-order valence-corrected chi connectivity index (χ0v) is 19.4. The molecule has 9 nitrogen and oxygen atoms in total. The summed E-state index contributed by atoms with van der Waals surface area (Å²) in [6.07, 6.45) is -2.21. The number of halogens is 4. The van der Waals surface area contributed by atoms with E-state index in [9.17, 15) is 22.8 Å². The van der Waals surface area contributed by atoms with Gasteiger partial charge in [-0.25, -0.2) is 15.0 Å². The number of nitrogen functional groups attached to an aromatic ring is 1. The second-order valence-electron chi connectivity index (χ2n) is 7.02. The van der Waals surface area contributed by atoms with Crippen molar-refractivity contribution in [1.82, 2.24) is 25.6 Å². The molecule has 2 aromatic heterocycles. The lowest BCUT2D eigenvalue weighted by atomic mass is 10.2. The van der Waals surface area contributed by atoms with Crippen LogP contribution < -0.4 is 21.7 Å². The van der Waals surface area contributed by atoms with Crippen molar-refractivity contribution in [2.24, 2.45) is 0 Å². The highest BCUT2D eigenvalue weighted by Gasteiger charge is 2.33. The van der Waals surface area contributed by atoms with Crippen LogP contribution in [0.2, 0.25) is 5.02 Å². The van der Waals surface area contributed by atoms with Gasteiger partial charge < -0.3 is 21.7 Å². The summed E-state index contributed by atoms with van der Waals surface area (Å²) in [5, 5.41) is 7.95. The Morgan fingerprint density at radius 2 is 1.94 bits per heavy atom. The highest BCUT2D eigenvalue weighted by atomic mass is 35.5. The molecule has 34 heavy (non-hydrogen) atoms. The third kappa shape index (κ3) is 5.79. The van der Waals surface area contributed by atoms with Gasteiger partial charge in [0.25, 0.3) is 11.8 Å². The molecule has 0 aliphatic carbocycles. The second-order valence-corrected chi connectivity index (χ2v) is 8.49. The topological polar surface area (TPSA) is 135 Å². The summed E-state index contributed by atoms with van der Waals surface area (Å²) >= 11 is 6.58. The number of hydrogen-bond donors (Lipinski definition) is 4. The third-order valence-corrected chi connectivity index (χ3v) is 6.05. The Bertz CT molecular complexity index is 1220. The summed E-state index contributed by atoms with van der Waals surface area (Å²) in [4.78, 5) is 37.4. The molecule has 0 fully saturated rings. The molecule has 3 rings (SSSR count). The number of thiazole rings is 1. The number of aromatic nitrogens is 3. The number of nitrogens with zero attached hydrogens (tertiary/aromatic N) is 3. The SMILES string of the molecule is CNCc1c(N)ncnc1C(=O)N[C@H](C)c1ncc(C(=O)Nc2ccc(Cl)c(C(F)(F)F)c2)s1. The highest BCUT2D eigenvalue weighted by molar-refractivity contribution is 7.13.